The maximum Gasteiger partial charge on any atom is 0.274 e. The molecule has 2 aromatic rings. The Kier molecular flexibility index (Phi) is 4.46. The number of carbonyl (C=O) groups is 1. The van der Waals surface area contributed by atoms with Crippen molar-refractivity contribution in [2.75, 3.05) is 13.1 Å². The highest BCUT2D eigenvalue weighted by Gasteiger charge is 2.32. The van der Waals surface area contributed by atoms with E-state index >= 15 is 0 Å². The van der Waals surface area contributed by atoms with Crippen LogP contribution < -0.4 is 5.32 Å². The number of hydrogen-bond acceptors (Lipinski definition) is 4. The summed E-state index contributed by atoms with van der Waals surface area (Å²) in [6.45, 7) is 3.47. The maximum absolute atomic E-state index is 12.7. The van der Waals surface area contributed by atoms with Crippen molar-refractivity contribution in [2.24, 2.45) is 0 Å². The number of likely N-dealkylation sites (tertiary alicyclic amines) is 1. The van der Waals surface area contributed by atoms with E-state index in [-0.39, 0.29) is 18.3 Å². The van der Waals surface area contributed by atoms with Crippen LogP contribution in [-0.4, -0.2) is 46.2 Å². The van der Waals surface area contributed by atoms with Crippen molar-refractivity contribution in [3.05, 3.63) is 29.7 Å². The van der Waals surface area contributed by atoms with Crippen molar-refractivity contribution in [3.63, 3.8) is 0 Å². The van der Waals surface area contributed by atoms with Gasteiger partial charge in [0.15, 0.2) is 11.5 Å². The predicted octanol–water partition coefficient (Wildman–Crippen LogP) is 2.37. The molecule has 2 aliphatic rings. The van der Waals surface area contributed by atoms with Crippen molar-refractivity contribution in [1.82, 2.24) is 20.4 Å². The molecule has 1 amide bonds. The zero-order valence-electron chi connectivity index (χ0n) is 13.0. The first kappa shape index (κ1) is 16.1. The van der Waals surface area contributed by atoms with Crippen molar-refractivity contribution in [3.8, 4) is 11.5 Å². The van der Waals surface area contributed by atoms with Crippen LogP contribution in [0.1, 0.15) is 35.5 Å². The summed E-state index contributed by atoms with van der Waals surface area (Å²) in [4.78, 5) is 14.6. The molecule has 124 valence electrons. The summed E-state index contributed by atoms with van der Waals surface area (Å²) in [5.74, 6) is 1.55. The van der Waals surface area contributed by atoms with E-state index in [0.717, 1.165) is 37.4 Å². The lowest BCUT2D eigenvalue weighted by atomic mass is 10.1. The average molecular weight is 337 g/mol. The number of hydrogen-bond donors (Lipinski definition) is 2. The number of rotatable bonds is 2. The molecule has 2 bridgehead atoms. The molecule has 23 heavy (non-hydrogen) atoms. The molecular weight excluding hydrogens is 316 g/mol. The van der Waals surface area contributed by atoms with E-state index in [1.807, 2.05) is 24.0 Å². The number of nitrogens with zero attached hydrogens (tertiary/aromatic N) is 2. The van der Waals surface area contributed by atoms with Gasteiger partial charge in [-0.05, 0) is 38.3 Å². The fourth-order valence-corrected chi connectivity index (χ4v) is 3.43. The molecule has 0 aliphatic carbocycles. The summed E-state index contributed by atoms with van der Waals surface area (Å²) in [5.41, 5.74) is 1.20. The van der Waals surface area contributed by atoms with Crippen molar-refractivity contribution in [1.29, 1.82) is 0 Å². The van der Waals surface area contributed by atoms with Crippen LogP contribution in [0, 0.1) is 6.92 Å². The highest BCUT2D eigenvalue weighted by Crippen LogP contribution is 2.23. The molecule has 0 aromatic carbocycles. The average Bonchev–Trinajstić information content (AvgIpc) is 3.18. The van der Waals surface area contributed by atoms with Gasteiger partial charge in [0.2, 0.25) is 0 Å². The SMILES string of the molecule is Cc1ccc(-c2cc(C(=O)N3CCC4CCC(C3)N4)n[nH]2)o1.Cl. The third-order valence-electron chi connectivity index (χ3n) is 4.61. The minimum atomic E-state index is 0. The second-order valence-electron chi connectivity index (χ2n) is 6.25. The van der Waals surface area contributed by atoms with Crippen LogP contribution in [0.5, 0.6) is 0 Å². The fraction of sp³-hybridized carbons (Fsp3) is 0.500. The van der Waals surface area contributed by atoms with Gasteiger partial charge in [-0.25, -0.2) is 0 Å². The van der Waals surface area contributed by atoms with E-state index in [1.54, 1.807) is 6.07 Å². The minimum absolute atomic E-state index is 0. The number of fused-ring (bicyclic) bond motifs is 2. The summed E-state index contributed by atoms with van der Waals surface area (Å²) < 4.78 is 5.56. The van der Waals surface area contributed by atoms with Crippen LogP contribution in [0.3, 0.4) is 0 Å². The van der Waals surface area contributed by atoms with Gasteiger partial charge in [-0.15, -0.1) is 12.4 Å². The van der Waals surface area contributed by atoms with Crippen LogP contribution in [0.25, 0.3) is 11.5 Å². The van der Waals surface area contributed by atoms with Gasteiger partial charge in [-0.3, -0.25) is 9.89 Å². The first-order valence-corrected chi connectivity index (χ1v) is 7.86. The quantitative estimate of drug-likeness (QED) is 0.883. The molecule has 2 aromatic heterocycles. The number of furan rings is 1. The second kappa shape index (κ2) is 6.37. The highest BCUT2D eigenvalue weighted by atomic mass is 35.5. The van der Waals surface area contributed by atoms with Crippen molar-refractivity contribution in [2.45, 2.75) is 38.3 Å². The summed E-state index contributed by atoms with van der Waals surface area (Å²) in [7, 11) is 0. The van der Waals surface area contributed by atoms with Gasteiger partial charge in [0.05, 0.1) is 0 Å². The number of aromatic nitrogens is 2. The Labute approximate surface area is 141 Å². The number of H-pyrrole nitrogens is 1. The Balaban J connectivity index is 0.00000156. The van der Waals surface area contributed by atoms with Crippen molar-refractivity contribution < 1.29 is 9.21 Å². The van der Waals surface area contributed by atoms with Gasteiger partial charge in [0.25, 0.3) is 5.91 Å². The van der Waals surface area contributed by atoms with Gasteiger partial charge in [0.1, 0.15) is 11.5 Å². The molecule has 0 radical (unpaired) electrons. The molecular formula is C16H21ClN4O2. The van der Waals surface area contributed by atoms with E-state index in [1.165, 1.54) is 6.42 Å². The largest absolute Gasteiger partial charge is 0.460 e. The minimum Gasteiger partial charge on any atom is -0.460 e. The Morgan fingerprint density at radius 1 is 1.30 bits per heavy atom. The molecule has 2 N–H and O–H groups in total. The molecule has 2 fully saturated rings. The molecule has 7 heteroatoms. The van der Waals surface area contributed by atoms with E-state index in [4.69, 9.17) is 4.42 Å². The third kappa shape index (κ3) is 3.14. The first-order valence-electron chi connectivity index (χ1n) is 7.86. The van der Waals surface area contributed by atoms with Gasteiger partial charge in [-0.2, -0.15) is 5.10 Å². The van der Waals surface area contributed by atoms with Crippen LogP contribution in [0.4, 0.5) is 0 Å². The Bertz CT molecular complexity index is 696. The standard InChI is InChI=1S/C16H20N4O2.ClH/c1-10-2-5-15(22-10)13-8-14(19-18-13)16(21)20-7-6-11-3-4-12(9-20)17-11;/h2,5,8,11-12,17H,3-4,6-7,9H2,1H3,(H,18,19);1H. The number of aryl methyl sites for hydroxylation is 1. The lowest BCUT2D eigenvalue weighted by Gasteiger charge is -2.23. The summed E-state index contributed by atoms with van der Waals surface area (Å²) in [6, 6.07) is 6.56. The van der Waals surface area contributed by atoms with Gasteiger partial charge < -0.3 is 14.6 Å². The van der Waals surface area contributed by atoms with Crippen LogP contribution in [0.15, 0.2) is 22.6 Å². The normalized spacial score (nSPS) is 23.4. The molecule has 6 nitrogen and oxygen atoms in total. The molecule has 2 unspecified atom stereocenters. The second-order valence-corrected chi connectivity index (χ2v) is 6.25. The Morgan fingerprint density at radius 2 is 2.13 bits per heavy atom. The molecule has 0 saturated carbocycles. The topological polar surface area (TPSA) is 74.2 Å². The monoisotopic (exact) mass is 336 g/mol. The maximum atomic E-state index is 12.7. The third-order valence-corrected chi connectivity index (χ3v) is 4.61. The van der Waals surface area contributed by atoms with E-state index in [9.17, 15) is 4.79 Å². The summed E-state index contributed by atoms with van der Waals surface area (Å²) in [5, 5.41) is 10.7. The van der Waals surface area contributed by atoms with Crippen LogP contribution >= 0.6 is 12.4 Å². The molecule has 4 rings (SSSR count). The number of halogens is 1. The number of carbonyl (C=O) groups excluding carboxylic acids is 1. The van der Waals surface area contributed by atoms with E-state index in [0.29, 0.717) is 23.5 Å². The van der Waals surface area contributed by atoms with Gasteiger partial charge in [-0.1, -0.05) is 0 Å². The summed E-state index contributed by atoms with van der Waals surface area (Å²) >= 11 is 0. The van der Waals surface area contributed by atoms with Crippen molar-refractivity contribution >= 4 is 18.3 Å². The van der Waals surface area contributed by atoms with Crippen LogP contribution in [0.2, 0.25) is 0 Å². The Hall–Kier alpha value is -1.79. The molecule has 4 heterocycles. The fourth-order valence-electron chi connectivity index (χ4n) is 3.43. The number of aromatic amines is 1. The Morgan fingerprint density at radius 3 is 2.91 bits per heavy atom. The molecule has 2 saturated heterocycles. The molecule has 2 atom stereocenters. The number of amides is 1. The molecule has 2 aliphatic heterocycles. The summed E-state index contributed by atoms with van der Waals surface area (Å²) in [6.07, 6.45) is 3.42. The smallest absolute Gasteiger partial charge is 0.274 e. The van der Waals surface area contributed by atoms with Gasteiger partial charge >= 0.3 is 0 Å². The highest BCUT2D eigenvalue weighted by molar-refractivity contribution is 5.93. The van der Waals surface area contributed by atoms with E-state index in [2.05, 4.69) is 15.5 Å². The van der Waals surface area contributed by atoms with E-state index < -0.39 is 0 Å². The number of nitrogens with one attached hydrogen (secondary N) is 2. The lowest BCUT2D eigenvalue weighted by molar-refractivity contribution is 0.0742. The zero-order valence-corrected chi connectivity index (χ0v) is 13.9. The molecule has 0 spiro atoms. The first-order chi connectivity index (χ1) is 10.7. The predicted molar refractivity (Wildman–Crippen MR) is 88.7 cm³/mol. The van der Waals surface area contributed by atoms with Crippen LogP contribution in [-0.2, 0) is 0 Å². The van der Waals surface area contributed by atoms with Gasteiger partial charge in [0, 0.05) is 31.2 Å². The lowest BCUT2D eigenvalue weighted by Crippen LogP contribution is -2.39. The zero-order chi connectivity index (χ0) is 15.1.